The van der Waals surface area contributed by atoms with Crippen LogP contribution in [0.15, 0.2) is 23.1 Å². The van der Waals surface area contributed by atoms with Crippen molar-refractivity contribution in [1.29, 1.82) is 0 Å². The van der Waals surface area contributed by atoms with Crippen molar-refractivity contribution in [1.82, 2.24) is 0 Å². The Balaban J connectivity index is 2.34. The van der Waals surface area contributed by atoms with Crippen LogP contribution in [0.3, 0.4) is 0 Å². The SMILES string of the molecule is CS(=O)(=O)c1ccc(C(CC(=O)Cl)C2CC(=O)C2)cc1Cl. The first kappa shape index (κ1) is 16.5. The van der Waals surface area contributed by atoms with Crippen molar-refractivity contribution in [2.45, 2.75) is 30.1 Å². The highest BCUT2D eigenvalue weighted by atomic mass is 35.5. The largest absolute Gasteiger partial charge is 0.300 e. The first-order valence-electron chi connectivity index (χ1n) is 6.38. The number of rotatable bonds is 5. The van der Waals surface area contributed by atoms with E-state index < -0.39 is 15.1 Å². The molecule has 0 saturated heterocycles. The van der Waals surface area contributed by atoms with Gasteiger partial charge in [-0.05, 0) is 41.1 Å². The molecule has 1 atom stereocenters. The fraction of sp³-hybridized carbons (Fsp3) is 0.429. The molecule has 2 rings (SSSR count). The molecule has 114 valence electrons. The molecule has 0 amide bonds. The van der Waals surface area contributed by atoms with Gasteiger partial charge < -0.3 is 0 Å². The molecule has 0 aromatic heterocycles. The first-order valence-corrected chi connectivity index (χ1v) is 9.02. The molecular weight excluding hydrogens is 335 g/mol. The maximum absolute atomic E-state index is 11.6. The molecule has 1 fully saturated rings. The lowest BCUT2D eigenvalue weighted by atomic mass is 9.71. The van der Waals surface area contributed by atoms with Gasteiger partial charge >= 0.3 is 0 Å². The topological polar surface area (TPSA) is 68.3 Å². The molecule has 0 bridgehead atoms. The normalized spacial score (nSPS) is 17.4. The summed E-state index contributed by atoms with van der Waals surface area (Å²) in [6.45, 7) is 0. The molecule has 1 unspecified atom stereocenters. The highest BCUT2D eigenvalue weighted by Gasteiger charge is 2.35. The van der Waals surface area contributed by atoms with Gasteiger partial charge in [0.2, 0.25) is 5.24 Å². The van der Waals surface area contributed by atoms with Gasteiger partial charge in [0.05, 0.1) is 9.92 Å². The number of ketones is 1. The van der Waals surface area contributed by atoms with E-state index in [0.717, 1.165) is 11.8 Å². The van der Waals surface area contributed by atoms with Crippen molar-refractivity contribution < 1.29 is 18.0 Å². The Bertz CT molecular complexity index is 689. The molecule has 1 aromatic rings. The number of hydrogen-bond acceptors (Lipinski definition) is 4. The van der Waals surface area contributed by atoms with E-state index in [4.69, 9.17) is 23.2 Å². The van der Waals surface area contributed by atoms with Crippen LogP contribution in [0.1, 0.15) is 30.7 Å². The summed E-state index contributed by atoms with van der Waals surface area (Å²) in [7, 11) is -3.40. The molecule has 4 nitrogen and oxygen atoms in total. The summed E-state index contributed by atoms with van der Waals surface area (Å²) in [5, 5.41) is -0.365. The fourth-order valence-corrected chi connectivity index (χ4v) is 4.09. The second kappa shape index (κ2) is 6.07. The fourth-order valence-electron chi connectivity index (χ4n) is 2.59. The van der Waals surface area contributed by atoms with Crippen LogP contribution in [-0.4, -0.2) is 25.7 Å². The molecule has 0 aliphatic heterocycles. The minimum atomic E-state index is -3.40. The summed E-state index contributed by atoms with van der Waals surface area (Å²) >= 11 is 11.5. The summed E-state index contributed by atoms with van der Waals surface area (Å²) in [6.07, 6.45) is 2.02. The second-order valence-corrected chi connectivity index (χ2v) is 8.15. The van der Waals surface area contributed by atoms with E-state index in [2.05, 4.69) is 0 Å². The second-order valence-electron chi connectivity index (χ2n) is 5.33. The van der Waals surface area contributed by atoms with E-state index in [0.29, 0.717) is 12.8 Å². The number of benzene rings is 1. The van der Waals surface area contributed by atoms with Crippen LogP contribution in [0, 0.1) is 5.92 Å². The van der Waals surface area contributed by atoms with E-state index in [1.807, 2.05) is 0 Å². The number of carbonyl (C=O) groups excluding carboxylic acids is 2. The molecule has 1 aliphatic rings. The Labute approximate surface area is 133 Å². The predicted molar refractivity (Wildman–Crippen MR) is 80.5 cm³/mol. The van der Waals surface area contributed by atoms with Gasteiger partial charge in [0.15, 0.2) is 9.84 Å². The number of hydrogen-bond donors (Lipinski definition) is 0. The quantitative estimate of drug-likeness (QED) is 0.767. The molecule has 1 saturated carbocycles. The van der Waals surface area contributed by atoms with Crippen LogP contribution in [0.2, 0.25) is 5.02 Å². The predicted octanol–water partition coefficient (Wildman–Crippen LogP) is 2.96. The van der Waals surface area contributed by atoms with Crippen LogP contribution in [-0.2, 0) is 19.4 Å². The molecule has 0 N–H and O–H groups in total. The van der Waals surface area contributed by atoms with Crippen LogP contribution in [0.4, 0.5) is 0 Å². The molecular formula is C14H14Cl2O4S. The van der Waals surface area contributed by atoms with Crippen LogP contribution in [0.25, 0.3) is 0 Å². The lowest BCUT2D eigenvalue weighted by molar-refractivity contribution is -0.128. The maximum Gasteiger partial charge on any atom is 0.222 e. The maximum atomic E-state index is 11.6. The van der Waals surface area contributed by atoms with E-state index in [1.165, 1.54) is 6.07 Å². The molecule has 0 heterocycles. The van der Waals surface area contributed by atoms with E-state index in [1.54, 1.807) is 12.1 Å². The third-order valence-corrected chi connectivity index (χ3v) is 5.45. The number of carbonyl (C=O) groups is 2. The van der Waals surface area contributed by atoms with Crippen molar-refractivity contribution in [2.75, 3.05) is 6.26 Å². The molecule has 0 radical (unpaired) electrons. The van der Waals surface area contributed by atoms with Gasteiger partial charge in [-0.1, -0.05) is 17.7 Å². The van der Waals surface area contributed by atoms with Crippen molar-refractivity contribution in [2.24, 2.45) is 5.92 Å². The van der Waals surface area contributed by atoms with E-state index >= 15 is 0 Å². The third-order valence-electron chi connectivity index (χ3n) is 3.71. The molecule has 21 heavy (non-hydrogen) atoms. The number of Topliss-reactive ketones (excluding diaryl/α,β-unsaturated/α-hetero) is 1. The van der Waals surface area contributed by atoms with Gasteiger partial charge in [-0.3, -0.25) is 9.59 Å². The number of sulfone groups is 1. The van der Waals surface area contributed by atoms with Crippen LogP contribution >= 0.6 is 23.2 Å². The standard InChI is InChI=1S/C14H14Cl2O4S/c1-21(19,20)13-3-2-8(6-12(13)15)11(7-14(16)18)9-4-10(17)5-9/h2-3,6,9,11H,4-5,7H2,1H3. The molecule has 7 heteroatoms. The van der Waals surface area contributed by atoms with Crippen molar-refractivity contribution in [3.8, 4) is 0 Å². The Hall–Kier alpha value is -0.910. The molecule has 0 spiro atoms. The van der Waals surface area contributed by atoms with Crippen molar-refractivity contribution in [3.63, 3.8) is 0 Å². The van der Waals surface area contributed by atoms with Crippen LogP contribution in [0.5, 0.6) is 0 Å². The lowest BCUT2D eigenvalue weighted by Crippen LogP contribution is -2.29. The van der Waals surface area contributed by atoms with Gasteiger partial charge in [-0.2, -0.15) is 0 Å². The Morgan fingerprint density at radius 2 is 2.00 bits per heavy atom. The number of halogens is 2. The van der Waals surface area contributed by atoms with E-state index in [9.17, 15) is 18.0 Å². The summed E-state index contributed by atoms with van der Waals surface area (Å²) in [6, 6.07) is 4.61. The first-order chi connectivity index (χ1) is 9.68. The average Bonchev–Trinajstić information content (AvgIpc) is 2.30. The monoisotopic (exact) mass is 348 g/mol. The highest BCUT2D eigenvalue weighted by molar-refractivity contribution is 7.90. The Morgan fingerprint density at radius 1 is 1.38 bits per heavy atom. The Morgan fingerprint density at radius 3 is 2.43 bits per heavy atom. The van der Waals surface area contributed by atoms with Gasteiger partial charge in [-0.15, -0.1) is 0 Å². The van der Waals surface area contributed by atoms with E-state index in [-0.39, 0.29) is 34.0 Å². The minimum absolute atomic E-state index is 0.0496. The minimum Gasteiger partial charge on any atom is -0.300 e. The summed E-state index contributed by atoms with van der Waals surface area (Å²) in [5.41, 5.74) is 0.735. The third kappa shape index (κ3) is 3.84. The zero-order valence-electron chi connectivity index (χ0n) is 11.3. The summed E-state index contributed by atoms with van der Waals surface area (Å²) in [5.74, 6) is 0.00466. The molecule has 1 aromatic carbocycles. The van der Waals surface area contributed by atoms with Gasteiger partial charge in [0.1, 0.15) is 5.78 Å². The van der Waals surface area contributed by atoms with Crippen molar-refractivity contribution in [3.05, 3.63) is 28.8 Å². The van der Waals surface area contributed by atoms with Gasteiger partial charge in [0, 0.05) is 25.5 Å². The van der Waals surface area contributed by atoms with Gasteiger partial charge in [-0.25, -0.2) is 8.42 Å². The zero-order chi connectivity index (χ0) is 15.8. The van der Waals surface area contributed by atoms with Crippen LogP contribution < -0.4 is 0 Å². The van der Waals surface area contributed by atoms with Gasteiger partial charge in [0.25, 0.3) is 0 Å². The zero-order valence-corrected chi connectivity index (χ0v) is 13.6. The Kier molecular flexibility index (Phi) is 4.76. The lowest BCUT2D eigenvalue weighted by Gasteiger charge is -2.32. The summed E-state index contributed by atoms with van der Waals surface area (Å²) < 4.78 is 23.1. The molecule has 1 aliphatic carbocycles. The average molecular weight is 349 g/mol. The smallest absolute Gasteiger partial charge is 0.222 e. The summed E-state index contributed by atoms with van der Waals surface area (Å²) in [4.78, 5) is 22.4. The van der Waals surface area contributed by atoms with Crippen molar-refractivity contribution >= 4 is 44.1 Å². The highest BCUT2D eigenvalue weighted by Crippen LogP contribution is 2.41.